The Morgan fingerprint density at radius 1 is 1.06 bits per heavy atom. The van der Waals surface area contributed by atoms with Crippen molar-refractivity contribution in [2.45, 2.75) is 84.0 Å². The molecular formula is C35H41Cl2N7O6. The second-order valence-corrected chi connectivity index (χ2v) is 13.7. The molecule has 50 heavy (non-hydrogen) atoms. The van der Waals surface area contributed by atoms with E-state index in [2.05, 4.69) is 31.1 Å². The van der Waals surface area contributed by atoms with Gasteiger partial charge in [-0.05, 0) is 47.9 Å². The van der Waals surface area contributed by atoms with Gasteiger partial charge in [0.05, 0.1) is 10.5 Å². The third-order valence-corrected chi connectivity index (χ3v) is 10.0. The van der Waals surface area contributed by atoms with Crippen molar-refractivity contribution in [1.29, 1.82) is 0 Å². The van der Waals surface area contributed by atoms with Crippen molar-refractivity contribution in [3.63, 3.8) is 0 Å². The maximum atomic E-state index is 14.7. The van der Waals surface area contributed by atoms with Gasteiger partial charge in [0.25, 0.3) is 11.7 Å². The number of aromatic nitrogens is 3. The van der Waals surface area contributed by atoms with Crippen LogP contribution in [0.25, 0.3) is 10.9 Å². The zero-order chi connectivity index (χ0) is 36.2. The zero-order valence-corrected chi connectivity index (χ0v) is 29.8. The Hall–Kier alpha value is -4.62. The van der Waals surface area contributed by atoms with E-state index in [1.54, 1.807) is 12.1 Å². The van der Waals surface area contributed by atoms with Crippen LogP contribution in [-0.4, -0.2) is 50.5 Å². The number of benzene rings is 2. The minimum absolute atomic E-state index is 0.00504. The lowest BCUT2D eigenvalue weighted by molar-refractivity contribution is -0.136. The summed E-state index contributed by atoms with van der Waals surface area (Å²) in [6, 6.07) is 10.7. The number of halogens is 2. The SMILES string of the molecule is CCC(C)[C@H](NC(=O)OCc1ccccc1)C(=O)N[C@]1(C(=O)N[C@H](c2nc(C(N)=O)no2)C(C)CC)CCc2[nH]c3c(Cl)cc(Cl)cc3c2C1. The van der Waals surface area contributed by atoms with Crippen molar-refractivity contribution >= 4 is 57.9 Å². The van der Waals surface area contributed by atoms with Gasteiger partial charge in [0.1, 0.15) is 24.2 Å². The number of H-pyrrole nitrogens is 1. The lowest BCUT2D eigenvalue weighted by Gasteiger charge is -2.39. The van der Waals surface area contributed by atoms with E-state index >= 15 is 0 Å². The van der Waals surface area contributed by atoms with Gasteiger partial charge in [-0.1, -0.05) is 99.2 Å². The average molecular weight is 727 g/mol. The summed E-state index contributed by atoms with van der Waals surface area (Å²) in [7, 11) is 0. The van der Waals surface area contributed by atoms with Crippen LogP contribution in [0.4, 0.5) is 4.79 Å². The van der Waals surface area contributed by atoms with Crippen LogP contribution < -0.4 is 21.7 Å². The summed E-state index contributed by atoms with van der Waals surface area (Å²) in [5.41, 5.74) is 6.96. The zero-order valence-electron chi connectivity index (χ0n) is 28.3. The summed E-state index contributed by atoms with van der Waals surface area (Å²) < 4.78 is 10.8. The second-order valence-electron chi connectivity index (χ2n) is 12.9. The molecule has 15 heteroatoms. The van der Waals surface area contributed by atoms with Gasteiger partial charge in [-0.2, -0.15) is 4.98 Å². The number of carbonyl (C=O) groups is 4. The number of alkyl carbamates (subject to hydrolysis) is 1. The van der Waals surface area contributed by atoms with E-state index in [0.29, 0.717) is 34.8 Å². The van der Waals surface area contributed by atoms with Gasteiger partial charge in [0, 0.05) is 22.5 Å². The number of amides is 4. The molecule has 4 aromatic rings. The van der Waals surface area contributed by atoms with Crippen molar-refractivity contribution in [3.8, 4) is 0 Å². The fraction of sp³-hybridized carbons (Fsp3) is 0.429. The topological polar surface area (TPSA) is 194 Å². The number of nitrogens with two attached hydrogens (primary N) is 1. The molecule has 266 valence electrons. The first kappa shape index (κ1) is 36.7. The predicted molar refractivity (Wildman–Crippen MR) is 187 cm³/mol. The van der Waals surface area contributed by atoms with Gasteiger partial charge in [-0.15, -0.1) is 0 Å². The number of carbonyl (C=O) groups excluding carboxylic acids is 4. The van der Waals surface area contributed by atoms with E-state index in [1.807, 2.05) is 58.0 Å². The highest BCUT2D eigenvalue weighted by Crippen LogP contribution is 2.39. The van der Waals surface area contributed by atoms with E-state index in [-0.39, 0.29) is 43.0 Å². The quantitative estimate of drug-likeness (QED) is 0.118. The summed E-state index contributed by atoms with van der Waals surface area (Å²) in [6.07, 6.45) is 1.05. The van der Waals surface area contributed by atoms with E-state index in [9.17, 15) is 19.2 Å². The highest BCUT2D eigenvalue weighted by molar-refractivity contribution is 6.38. The van der Waals surface area contributed by atoms with Crippen molar-refractivity contribution < 1.29 is 28.4 Å². The minimum Gasteiger partial charge on any atom is -0.445 e. The van der Waals surface area contributed by atoms with Gasteiger partial charge >= 0.3 is 6.09 Å². The molecule has 1 aliphatic rings. The molecule has 0 saturated carbocycles. The normalized spacial score (nSPS) is 18.0. The molecule has 13 nitrogen and oxygen atoms in total. The summed E-state index contributed by atoms with van der Waals surface area (Å²) >= 11 is 12.9. The van der Waals surface area contributed by atoms with Crippen LogP contribution in [0.2, 0.25) is 10.0 Å². The van der Waals surface area contributed by atoms with Crippen molar-refractivity contribution in [1.82, 2.24) is 31.1 Å². The molecule has 0 aliphatic heterocycles. The van der Waals surface area contributed by atoms with Crippen molar-refractivity contribution in [2.75, 3.05) is 0 Å². The molecule has 0 saturated heterocycles. The molecule has 2 heterocycles. The van der Waals surface area contributed by atoms with E-state index < -0.39 is 41.4 Å². The fourth-order valence-corrected chi connectivity index (χ4v) is 6.70. The molecule has 0 radical (unpaired) electrons. The lowest BCUT2D eigenvalue weighted by Crippen LogP contribution is -2.65. The highest BCUT2D eigenvalue weighted by Gasteiger charge is 2.47. The lowest BCUT2D eigenvalue weighted by atomic mass is 9.78. The maximum absolute atomic E-state index is 14.7. The van der Waals surface area contributed by atoms with Crippen LogP contribution in [0.3, 0.4) is 0 Å². The second kappa shape index (κ2) is 15.5. The van der Waals surface area contributed by atoms with E-state index in [0.717, 1.165) is 22.2 Å². The molecule has 0 spiro atoms. The van der Waals surface area contributed by atoms with Gasteiger partial charge in [0.2, 0.25) is 17.7 Å². The Morgan fingerprint density at radius 2 is 1.78 bits per heavy atom. The van der Waals surface area contributed by atoms with Crippen LogP contribution in [0.1, 0.15) is 86.3 Å². The Balaban J connectivity index is 1.49. The molecule has 0 fully saturated rings. The van der Waals surface area contributed by atoms with Gasteiger partial charge in [-0.25, -0.2) is 4.79 Å². The van der Waals surface area contributed by atoms with E-state index in [1.165, 1.54) is 0 Å². The smallest absolute Gasteiger partial charge is 0.408 e. The number of nitrogens with one attached hydrogen (secondary N) is 4. The molecule has 1 aliphatic carbocycles. The molecule has 0 bridgehead atoms. The van der Waals surface area contributed by atoms with Gasteiger partial charge < -0.3 is 35.9 Å². The van der Waals surface area contributed by atoms with Gasteiger partial charge in [-0.3, -0.25) is 14.4 Å². The Kier molecular flexibility index (Phi) is 11.4. The average Bonchev–Trinajstić information content (AvgIpc) is 3.74. The molecule has 5 rings (SSSR count). The van der Waals surface area contributed by atoms with Crippen LogP contribution in [0.5, 0.6) is 0 Å². The number of fused-ring (bicyclic) bond motifs is 3. The molecular weight excluding hydrogens is 685 g/mol. The van der Waals surface area contributed by atoms with Crippen molar-refractivity contribution in [2.24, 2.45) is 17.6 Å². The first-order valence-electron chi connectivity index (χ1n) is 16.6. The fourth-order valence-electron chi connectivity index (χ4n) is 6.16. The third kappa shape index (κ3) is 7.89. The number of primary amides is 1. The first-order valence-corrected chi connectivity index (χ1v) is 17.3. The van der Waals surface area contributed by atoms with Crippen LogP contribution in [0, 0.1) is 11.8 Å². The Bertz CT molecular complexity index is 1880. The standard InChI is InChI=1S/C35H41Cl2N7O6/c1-5-18(3)26(41-34(48)49-17-20-10-8-7-9-11-20)31(46)43-35(13-12-25-23(16-35)22-14-21(36)15-24(37)28(22)39-25)33(47)40-27(19(4)6-2)32-42-30(29(38)45)44-50-32/h7-11,14-15,18-19,26-27,39H,5-6,12-13,16-17H2,1-4H3,(H2,38,45)(H,40,47)(H,41,48)(H,43,46)/t18?,19?,26-,27-,35+/m0/s1. The Morgan fingerprint density at radius 3 is 2.44 bits per heavy atom. The maximum Gasteiger partial charge on any atom is 0.408 e. The minimum atomic E-state index is -1.51. The monoisotopic (exact) mass is 725 g/mol. The number of hydrogen-bond donors (Lipinski definition) is 5. The summed E-state index contributed by atoms with van der Waals surface area (Å²) in [5, 5.41) is 14.0. The number of aryl methyl sites for hydroxylation is 1. The predicted octanol–water partition coefficient (Wildman–Crippen LogP) is 5.55. The molecule has 5 atom stereocenters. The Labute approximate surface area is 299 Å². The largest absolute Gasteiger partial charge is 0.445 e. The third-order valence-electron chi connectivity index (χ3n) is 9.51. The van der Waals surface area contributed by atoms with E-state index in [4.69, 9.17) is 38.2 Å². The highest BCUT2D eigenvalue weighted by atomic mass is 35.5. The molecule has 4 amide bonds. The number of aromatic amines is 1. The number of nitrogens with zero attached hydrogens (tertiary/aromatic N) is 2. The van der Waals surface area contributed by atoms with Crippen molar-refractivity contribution in [3.05, 3.63) is 81.0 Å². The summed E-state index contributed by atoms with van der Waals surface area (Å²) in [6.45, 7) is 7.57. The van der Waals surface area contributed by atoms with Crippen LogP contribution >= 0.6 is 23.2 Å². The number of hydrogen-bond acceptors (Lipinski definition) is 8. The molecule has 2 unspecified atom stereocenters. The number of ether oxygens (including phenoxy) is 1. The molecule has 2 aromatic heterocycles. The summed E-state index contributed by atoms with van der Waals surface area (Å²) in [4.78, 5) is 61.2. The van der Waals surface area contributed by atoms with Crippen LogP contribution in [0.15, 0.2) is 47.0 Å². The first-order chi connectivity index (χ1) is 23.8. The summed E-state index contributed by atoms with van der Waals surface area (Å²) in [5.74, 6) is -2.79. The number of rotatable bonds is 13. The molecule has 2 aromatic carbocycles. The van der Waals surface area contributed by atoms with Gasteiger partial charge in [0.15, 0.2) is 0 Å². The molecule has 6 N–H and O–H groups in total. The van der Waals surface area contributed by atoms with Crippen LogP contribution in [-0.2, 0) is 33.8 Å².